The molecule has 1 atom stereocenters. The number of hydrogen-bond donors (Lipinski definition) is 1. The average Bonchev–Trinajstić information content (AvgIpc) is 3.23. The number of carbonyl (C=O) groups excluding carboxylic acids is 2. The summed E-state index contributed by atoms with van der Waals surface area (Å²) in [6.07, 6.45) is 0.618. The number of carbonyl (C=O) groups is 2. The topological polar surface area (TPSA) is 117 Å². The summed E-state index contributed by atoms with van der Waals surface area (Å²) in [7, 11) is 3.81. The van der Waals surface area contributed by atoms with Crippen molar-refractivity contribution < 1.29 is 24.0 Å². The lowest BCUT2D eigenvalue weighted by molar-refractivity contribution is -0.384. The lowest BCUT2D eigenvalue weighted by atomic mass is 9.99. The smallest absolute Gasteiger partial charge is 0.295 e. The number of rotatable bonds is 7. The molecule has 2 heterocycles. The highest BCUT2D eigenvalue weighted by molar-refractivity contribution is 6.46. The van der Waals surface area contributed by atoms with Gasteiger partial charge in [0.2, 0.25) is 0 Å². The molecule has 1 aromatic heterocycles. The molecular formula is C21H23N3O6. The highest BCUT2D eigenvalue weighted by Gasteiger charge is 2.47. The Hall–Kier alpha value is -3.46. The fraction of sp³-hybridized carbons (Fsp3) is 0.333. The molecule has 0 spiro atoms. The fourth-order valence-electron chi connectivity index (χ4n) is 3.49. The predicted octanol–water partition coefficient (Wildman–Crippen LogP) is 2.87. The number of hydrogen-bond acceptors (Lipinski definition) is 7. The third-order valence-electron chi connectivity index (χ3n) is 4.91. The van der Waals surface area contributed by atoms with Crippen LogP contribution in [-0.2, 0) is 9.59 Å². The summed E-state index contributed by atoms with van der Waals surface area (Å²) < 4.78 is 5.69. The quantitative estimate of drug-likeness (QED) is 0.244. The van der Waals surface area contributed by atoms with Crippen molar-refractivity contribution in [3.63, 3.8) is 0 Å². The maximum Gasteiger partial charge on any atom is 0.295 e. The largest absolute Gasteiger partial charge is 0.507 e. The number of non-ortho nitro benzene ring substituents is 1. The maximum absolute atomic E-state index is 12.8. The molecule has 3 rings (SSSR count). The highest BCUT2D eigenvalue weighted by Crippen LogP contribution is 2.40. The van der Waals surface area contributed by atoms with Crippen molar-refractivity contribution in [1.82, 2.24) is 9.80 Å². The Morgan fingerprint density at radius 1 is 1.27 bits per heavy atom. The molecule has 0 aliphatic carbocycles. The van der Waals surface area contributed by atoms with E-state index in [0.717, 1.165) is 0 Å². The number of likely N-dealkylation sites (tertiary alicyclic amines) is 1. The van der Waals surface area contributed by atoms with Gasteiger partial charge in [0.1, 0.15) is 23.3 Å². The van der Waals surface area contributed by atoms with Crippen molar-refractivity contribution in [2.24, 2.45) is 0 Å². The maximum atomic E-state index is 12.8. The van der Waals surface area contributed by atoms with E-state index in [9.17, 15) is 24.8 Å². The SMILES string of the molecule is Cc1ccc(C2/C(=C(/O)c3cccc([N+](=O)[O-])c3)C(=O)C(=O)N2CCCN(C)C)o1. The molecule has 1 aliphatic rings. The van der Waals surface area contributed by atoms with Gasteiger partial charge in [-0.15, -0.1) is 0 Å². The monoisotopic (exact) mass is 413 g/mol. The molecule has 0 saturated carbocycles. The number of aliphatic hydroxyl groups is 1. The van der Waals surface area contributed by atoms with E-state index in [1.54, 1.807) is 19.1 Å². The fourth-order valence-corrected chi connectivity index (χ4v) is 3.49. The van der Waals surface area contributed by atoms with Crippen LogP contribution < -0.4 is 0 Å². The van der Waals surface area contributed by atoms with Crippen molar-refractivity contribution in [2.75, 3.05) is 27.2 Å². The minimum Gasteiger partial charge on any atom is -0.507 e. The van der Waals surface area contributed by atoms with Crippen molar-refractivity contribution in [3.8, 4) is 0 Å². The Morgan fingerprint density at radius 2 is 2.00 bits per heavy atom. The third kappa shape index (κ3) is 4.11. The van der Waals surface area contributed by atoms with Crippen molar-refractivity contribution in [1.29, 1.82) is 0 Å². The number of amides is 1. The molecule has 9 heteroatoms. The first-order valence-electron chi connectivity index (χ1n) is 9.45. The molecule has 158 valence electrons. The second-order valence-corrected chi connectivity index (χ2v) is 7.41. The Labute approximate surface area is 173 Å². The van der Waals surface area contributed by atoms with E-state index in [2.05, 4.69) is 0 Å². The molecule has 2 aromatic rings. The summed E-state index contributed by atoms with van der Waals surface area (Å²) in [5.41, 5.74) is -0.284. The van der Waals surface area contributed by atoms with Gasteiger partial charge in [0, 0.05) is 24.2 Å². The zero-order valence-corrected chi connectivity index (χ0v) is 17.0. The second-order valence-electron chi connectivity index (χ2n) is 7.41. The first-order chi connectivity index (χ1) is 14.2. The molecule has 30 heavy (non-hydrogen) atoms. The summed E-state index contributed by atoms with van der Waals surface area (Å²) in [6.45, 7) is 2.74. The van der Waals surface area contributed by atoms with Crippen LogP contribution in [0.4, 0.5) is 5.69 Å². The minimum absolute atomic E-state index is 0.0868. The normalized spacial score (nSPS) is 18.4. The van der Waals surface area contributed by atoms with Crippen molar-refractivity contribution in [3.05, 3.63) is 69.2 Å². The van der Waals surface area contributed by atoms with Gasteiger partial charge in [0.15, 0.2) is 0 Å². The van der Waals surface area contributed by atoms with Crippen LogP contribution in [0.25, 0.3) is 5.76 Å². The van der Waals surface area contributed by atoms with Crippen LogP contribution in [0.5, 0.6) is 0 Å². The number of aryl methyl sites for hydroxylation is 1. The summed E-state index contributed by atoms with van der Waals surface area (Å²) in [5.74, 6) is -1.10. The number of Topliss-reactive ketones (excluding diaryl/α,β-unsaturated/α-hetero) is 1. The summed E-state index contributed by atoms with van der Waals surface area (Å²) in [6, 6.07) is 7.77. The van der Waals surface area contributed by atoms with Gasteiger partial charge >= 0.3 is 0 Å². The molecule has 1 aromatic carbocycles. The molecule has 1 N–H and O–H groups in total. The van der Waals surface area contributed by atoms with E-state index in [1.165, 1.54) is 29.2 Å². The van der Waals surface area contributed by atoms with Gasteiger partial charge in [-0.05, 0) is 46.1 Å². The van der Waals surface area contributed by atoms with Gasteiger partial charge < -0.3 is 19.3 Å². The van der Waals surface area contributed by atoms with Crippen LogP contribution in [0.2, 0.25) is 0 Å². The molecule has 0 bridgehead atoms. The summed E-state index contributed by atoms with van der Waals surface area (Å²) in [5, 5.41) is 22.0. The van der Waals surface area contributed by atoms with E-state index < -0.39 is 28.4 Å². The van der Waals surface area contributed by atoms with E-state index in [0.29, 0.717) is 31.0 Å². The van der Waals surface area contributed by atoms with Crippen molar-refractivity contribution in [2.45, 2.75) is 19.4 Å². The van der Waals surface area contributed by atoms with Crippen LogP contribution in [0.3, 0.4) is 0 Å². The van der Waals surface area contributed by atoms with Gasteiger partial charge in [-0.1, -0.05) is 12.1 Å². The Bertz CT molecular complexity index is 1020. The first-order valence-corrected chi connectivity index (χ1v) is 9.45. The Morgan fingerprint density at radius 3 is 2.60 bits per heavy atom. The number of nitro groups is 1. The van der Waals surface area contributed by atoms with Crippen LogP contribution in [0.1, 0.15) is 29.5 Å². The summed E-state index contributed by atoms with van der Waals surface area (Å²) >= 11 is 0. The van der Waals surface area contributed by atoms with Crippen LogP contribution in [-0.4, -0.2) is 58.7 Å². The van der Waals surface area contributed by atoms with E-state index in [1.807, 2.05) is 19.0 Å². The van der Waals surface area contributed by atoms with Gasteiger partial charge in [0.25, 0.3) is 17.4 Å². The molecule has 1 amide bonds. The predicted molar refractivity (Wildman–Crippen MR) is 109 cm³/mol. The second kappa shape index (κ2) is 8.50. The average molecular weight is 413 g/mol. The molecular weight excluding hydrogens is 390 g/mol. The number of furan rings is 1. The molecule has 1 saturated heterocycles. The van der Waals surface area contributed by atoms with E-state index >= 15 is 0 Å². The van der Waals surface area contributed by atoms with E-state index in [4.69, 9.17) is 4.42 Å². The van der Waals surface area contributed by atoms with Crippen LogP contribution >= 0.6 is 0 Å². The van der Waals surface area contributed by atoms with Gasteiger partial charge in [-0.25, -0.2) is 0 Å². The molecule has 1 aliphatic heterocycles. The van der Waals surface area contributed by atoms with Gasteiger partial charge in [-0.2, -0.15) is 0 Å². The standard InChI is InChI=1S/C21H23N3O6/c1-13-8-9-16(30-13)18-17(19(25)14-6-4-7-15(12-14)24(28)29)20(26)21(27)23(18)11-5-10-22(2)3/h4,6-9,12,18,25H,5,10-11H2,1-3H3/b19-17-. The number of nitrogens with zero attached hydrogens (tertiary/aromatic N) is 3. The van der Waals surface area contributed by atoms with Crippen LogP contribution in [0, 0.1) is 17.0 Å². The lowest BCUT2D eigenvalue weighted by Gasteiger charge is -2.24. The van der Waals surface area contributed by atoms with Crippen LogP contribution in [0.15, 0.2) is 46.4 Å². The molecule has 0 radical (unpaired) electrons. The highest BCUT2D eigenvalue weighted by atomic mass is 16.6. The Balaban J connectivity index is 2.09. The number of nitro benzene ring substituents is 1. The minimum atomic E-state index is -0.903. The molecule has 1 unspecified atom stereocenters. The summed E-state index contributed by atoms with van der Waals surface area (Å²) in [4.78, 5) is 39.4. The van der Waals surface area contributed by atoms with E-state index in [-0.39, 0.29) is 16.8 Å². The van der Waals surface area contributed by atoms with Gasteiger partial charge in [-0.3, -0.25) is 19.7 Å². The lowest BCUT2D eigenvalue weighted by Crippen LogP contribution is -2.32. The number of ketones is 1. The first kappa shape index (κ1) is 21.3. The zero-order chi connectivity index (χ0) is 22.0. The van der Waals surface area contributed by atoms with Gasteiger partial charge in [0.05, 0.1) is 10.5 Å². The Kier molecular flexibility index (Phi) is 6.02. The molecule has 9 nitrogen and oxygen atoms in total. The molecule has 1 fully saturated rings. The number of benzene rings is 1. The zero-order valence-electron chi connectivity index (χ0n) is 17.0. The van der Waals surface area contributed by atoms with Crippen molar-refractivity contribution >= 4 is 23.1 Å². The third-order valence-corrected chi connectivity index (χ3v) is 4.91. The number of aliphatic hydroxyl groups excluding tert-OH is 1.